The van der Waals surface area contributed by atoms with Crippen LogP contribution in [0.3, 0.4) is 0 Å². The Morgan fingerprint density at radius 2 is 1.29 bits per heavy atom. The zero-order chi connectivity index (χ0) is 9.94. The van der Waals surface area contributed by atoms with E-state index in [4.69, 9.17) is 5.41 Å². The second kappa shape index (κ2) is 13.3. The Bertz CT molecular complexity index is 129. The predicted molar refractivity (Wildman–Crippen MR) is 61.7 cm³/mol. The fraction of sp³-hybridized carbons (Fsp3) is 0.917. The van der Waals surface area contributed by atoms with E-state index in [1.807, 2.05) is 0 Å². The summed E-state index contributed by atoms with van der Waals surface area (Å²) in [6.07, 6.45) is 11.0. The van der Waals surface area contributed by atoms with Crippen LogP contribution in [0.4, 0.5) is 0 Å². The molecular formula is C12H26LiN. The molecule has 0 bridgehead atoms. The zero-order valence-electron chi connectivity index (χ0n) is 11.4. The van der Waals surface area contributed by atoms with Crippen molar-refractivity contribution in [2.45, 2.75) is 71.6 Å². The molecule has 80 valence electrons. The second-order valence-electron chi connectivity index (χ2n) is 3.87. The van der Waals surface area contributed by atoms with Crippen molar-refractivity contribution < 1.29 is 20.3 Å². The summed E-state index contributed by atoms with van der Waals surface area (Å²) in [6, 6.07) is 0. The molecular weight excluding hydrogens is 165 g/mol. The van der Waals surface area contributed by atoms with E-state index in [-0.39, 0.29) is 20.3 Å². The maximum absolute atomic E-state index is 7.70. The molecule has 0 rings (SSSR count). The van der Waals surface area contributed by atoms with Gasteiger partial charge in [-0.2, -0.15) is 0 Å². The summed E-state index contributed by atoms with van der Waals surface area (Å²) in [5.41, 5.74) is 0.976. The monoisotopic (exact) mass is 191 g/mol. The van der Waals surface area contributed by atoms with Gasteiger partial charge in [-0.25, -0.2) is 0 Å². The molecule has 0 amide bonds. The van der Waals surface area contributed by atoms with Gasteiger partial charge in [0.15, 0.2) is 0 Å². The van der Waals surface area contributed by atoms with Gasteiger partial charge in [0, 0.05) is 5.71 Å². The smallest absolute Gasteiger partial charge is 1.00 e. The standard InChI is InChI=1S/C12H25N.Li.H/c1-3-5-7-9-11-12(13)10-8-6-4-2;;/h13H,3-11H2,1-2H3;;/q;+1;-1. The van der Waals surface area contributed by atoms with Crippen LogP contribution in [0, 0.1) is 5.41 Å². The average molecular weight is 191 g/mol. The van der Waals surface area contributed by atoms with Crippen LogP contribution >= 0.6 is 0 Å². The van der Waals surface area contributed by atoms with E-state index in [1.54, 1.807) is 0 Å². The molecule has 0 spiro atoms. The van der Waals surface area contributed by atoms with Crippen LogP contribution in [0.25, 0.3) is 0 Å². The van der Waals surface area contributed by atoms with Crippen LogP contribution in [0.15, 0.2) is 0 Å². The molecule has 0 aliphatic carbocycles. The van der Waals surface area contributed by atoms with Gasteiger partial charge in [0.2, 0.25) is 0 Å². The number of nitrogens with one attached hydrogen (secondary N) is 1. The summed E-state index contributed by atoms with van der Waals surface area (Å²) < 4.78 is 0. The Morgan fingerprint density at radius 1 is 0.857 bits per heavy atom. The van der Waals surface area contributed by atoms with Crippen LogP contribution in [-0.4, -0.2) is 5.71 Å². The molecule has 0 radical (unpaired) electrons. The number of hydrogen-bond donors (Lipinski definition) is 1. The van der Waals surface area contributed by atoms with Gasteiger partial charge in [0.05, 0.1) is 0 Å². The summed E-state index contributed by atoms with van der Waals surface area (Å²) >= 11 is 0. The van der Waals surface area contributed by atoms with Crippen molar-refractivity contribution in [3.8, 4) is 0 Å². The summed E-state index contributed by atoms with van der Waals surface area (Å²) in [7, 11) is 0. The SMILES string of the molecule is CCCCCCC(=N)CCCCC.[H-].[Li+]. The molecule has 0 aromatic rings. The maximum Gasteiger partial charge on any atom is 1.00 e. The minimum Gasteiger partial charge on any atom is -1.00 e. The van der Waals surface area contributed by atoms with Crippen molar-refractivity contribution in [1.29, 1.82) is 5.41 Å². The molecule has 14 heavy (non-hydrogen) atoms. The van der Waals surface area contributed by atoms with Crippen molar-refractivity contribution in [2.75, 3.05) is 0 Å². The van der Waals surface area contributed by atoms with Crippen molar-refractivity contribution >= 4 is 5.71 Å². The van der Waals surface area contributed by atoms with Crippen LogP contribution in [0.1, 0.15) is 73.1 Å². The van der Waals surface area contributed by atoms with Crippen molar-refractivity contribution in [2.24, 2.45) is 0 Å². The fourth-order valence-corrected chi connectivity index (χ4v) is 1.48. The van der Waals surface area contributed by atoms with Gasteiger partial charge in [-0.1, -0.05) is 46.0 Å². The van der Waals surface area contributed by atoms with Gasteiger partial charge in [0.1, 0.15) is 0 Å². The Hall–Kier alpha value is 0.267. The third-order valence-corrected chi connectivity index (χ3v) is 2.41. The van der Waals surface area contributed by atoms with E-state index >= 15 is 0 Å². The molecule has 0 saturated carbocycles. The third-order valence-electron chi connectivity index (χ3n) is 2.41. The van der Waals surface area contributed by atoms with Gasteiger partial charge in [-0.05, 0) is 25.7 Å². The number of rotatable bonds is 9. The Labute approximate surface area is 103 Å². The molecule has 0 fully saturated rings. The zero-order valence-corrected chi connectivity index (χ0v) is 10.4. The molecule has 0 aliphatic rings. The third kappa shape index (κ3) is 12.3. The van der Waals surface area contributed by atoms with Crippen molar-refractivity contribution in [3.63, 3.8) is 0 Å². The summed E-state index contributed by atoms with van der Waals surface area (Å²) in [5.74, 6) is 0. The van der Waals surface area contributed by atoms with Gasteiger partial charge in [-0.3, -0.25) is 0 Å². The first-order valence-electron chi connectivity index (χ1n) is 5.87. The maximum atomic E-state index is 7.70. The first kappa shape index (κ1) is 16.7. The summed E-state index contributed by atoms with van der Waals surface area (Å²) in [5, 5.41) is 7.70. The van der Waals surface area contributed by atoms with E-state index in [0.717, 1.165) is 18.6 Å². The van der Waals surface area contributed by atoms with Gasteiger partial charge in [0.25, 0.3) is 0 Å². The van der Waals surface area contributed by atoms with E-state index in [2.05, 4.69) is 13.8 Å². The van der Waals surface area contributed by atoms with Crippen LogP contribution < -0.4 is 18.9 Å². The van der Waals surface area contributed by atoms with Gasteiger partial charge in [-0.15, -0.1) is 0 Å². The minimum absolute atomic E-state index is 0. The first-order chi connectivity index (χ1) is 6.31. The van der Waals surface area contributed by atoms with Crippen LogP contribution in [0.5, 0.6) is 0 Å². The van der Waals surface area contributed by atoms with Gasteiger partial charge < -0.3 is 6.84 Å². The Morgan fingerprint density at radius 3 is 1.79 bits per heavy atom. The molecule has 0 unspecified atom stereocenters. The first-order valence-corrected chi connectivity index (χ1v) is 5.87. The quantitative estimate of drug-likeness (QED) is 0.326. The molecule has 0 aromatic heterocycles. The van der Waals surface area contributed by atoms with Crippen LogP contribution in [-0.2, 0) is 0 Å². The van der Waals surface area contributed by atoms with Crippen molar-refractivity contribution in [1.82, 2.24) is 0 Å². The fourth-order valence-electron chi connectivity index (χ4n) is 1.48. The molecule has 0 aromatic carbocycles. The molecule has 0 saturated heterocycles. The average Bonchev–Trinajstić information content (AvgIpc) is 2.13. The summed E-state index contributed by atoms with van der Waals surface area (Å²) in [4.78, 5) is 0. The van der Waals surface area contributed by atoms with Crippen LogP contribution in [0.2, 0.25) is 0 Å². The predicted octanol–water partition coefficient (Wildman–Crippen LogP) is 1.67. The largest absolute Gasteiger partial charge is 1.00 e. The number of unbranched alkanes of at least 4 members (excludes halogenated alkanes) is 5. The van der Waals surface area contributed by atoms with E-state index < -0.39 is 0 Å². The Kier molecular flexibility index (Phi) is 15.8. The Balaban J connectivity index is -0.000000720. The summed E-state index contributed by atoms with van der Waals surface area (Å²) in [6.45, 7) is 4.44. The number of hydrogen-bond acceptors (Lipinski definition) is 1. The van der Waals surface area contributed by atoms with Gasteiger partial charge >= 0.3 is 18.9 Å². The molecule has 2 heteroatoms. The van der Waals surface area contributed by atoms with E-state index in [0.29, 0.717) is 0 Å². The molecule has 0 heterocycles. The topological polar surface area (TPSA) is 23.9 Å². The molecule has 1 nitrogen and oxygen atoms in total. The molecule has 0 atom stereocenters. The second-order valence-corrected chi connectivity index (χ2v) is 3.87. The van der Waals surface area contributed by atoms with Crippen molar-refractivity contribution in [3.05, 3.63) is 0 Å². The minimum atomic E-state index is 0. The normalized spacial score (nSPS) is 9.57. The van der Waals surface area contributed by atoms with E-state index in [9.17, 15) is 0 Å². The molecule has 1 N–H and O–H groups in total. The van der Waals surface area contributed by atoms with E-state index in [1.165, 1.54) is 44.9 Å². The molecule has 0 aliphatic heterocycles.